The van der Waals surface area contributed by atoms with Gasteiger partial charge < -0.3 is 4.90 Å². The third kappa shape index (κ3) is 3.99. The maximum absolute atomic E-state index is 13.0. The molecule has 0 unspecified atom stereocenters. The highest BCUT2D eigenvalue weighted by Gasteiger charge is 2.34. The normalized spacial score (nSPS) is 15.8. The Balaban J connectivity index is 1.79. The molecule has 0 saturated carbocycles. The SMILES string of the molecule is CCc1nn(C)c(N2CCN(S(=O)(=O)c3ccc(C(C)C)cc3)CC2)c1[N+](=O)[O-]. The molecule has 1 aromatic heterocycles. The van der Waals surface area contributed by atoms with E-state index in [0.29, 0.717) is 36.9 Å². The fourth-order valence-electron chi connectivity index (χ4n) is 3.65. The second kappa shape index (κ2) is 8.11. The summed E-state index contributed by atoms with van der Waals surface area (Å²) in [6.45, 7) is 7.21. The number of piperazine rings is 1. The Morgan fingerprint density at radius 1 is 1.14 bits per heavy atom. The lowest BCUT2D eigenvalue weighted by atomic mass is 10.0. The van der Waals surface area contributed by atoms with Crippen molar-refractivity contribution in [1.82, 2.24) is 14.1 Å². The van der Waals surface area contributed by atoms with Gasteiger partial charge >= 0.3 is 5.69 Å². The lowest BCUT2D eigenvalue weighted by Gasteiger charge is -2.34. The minimum atomic E-state index is -3.60. The molecule has 1 aromatic carbocycles. The Bertz CT molecular complexity index is 990. The van der Waals surface area contributed by atoms with Crippen LogP contribution >= 0.6 is 0 Å². The third-order valence-corrected chi connectivity index (χ3v) is 7.22. The number of aryl methyl sites for hydroxylation is 2. The van der Waals surface area contributed by atoms with Gasteiger partial charge in [0.2, 0.25) is 15.8 Å². The maximum atomic E-state index is 13.0. The standard InChI is InChI=1S/C19H27N5O4S/c1-5-17-18(24(25)26)19(21(4)20-17)22-10-12-23(13-11-22)29(27,28)16-8-6-15(7-9-16)14(2)3/h6-9,14H,5,10-13H2,1-4H3. The molecule has 29 heavy (non-hydrogen) atoms. The number of nitrogens with zero attached hydrogens (tertiary/aromatic N) is 5. The van der Waals surface area contributed by atoms with E-state index in [9.17, 15) is 18.5 Å². The van der Waals surface area contributed by atoms with Crippen molar-refractivity contribution in [2.45, 2.75) is 38.0 Å². The van der Waals surface area contributed by atoms with Gasteiger partial charge in [0, 0.05) is 33.2 Å². The fourth-order valence-corrected chi connectivity index (χ4v) is 5.07. The van der Waals surface area contributed by atoms with Crippen LogP contribution in [0.3, 0.4) is 0 Å². The number of benzene rings is 1. The van der Waals surface area contributed by atoms with Crippen molar-refractivity contribution in [3.8, 4) is 0 Å². The van der Waals surface area contributed by atoms with Crippen molar-refractivity contribution in [1.29, 1.82) is 0 Å². The smallest absolute Gasteiger partial charge is 0.334 e. The molecule has 0 spiro atoms. The van der Waals surface area contributed by atoms with E-state index in [4.69, 9.17) is 0 Å². The van der Waals surface area contributed by atoms with E-state index in [2.05, 4.69) is 18.9 Å². The van der Waals surface area contributed by atoms with Gasteiger partial charge in [-0.15, -0.1) is 0 Å². The third-order valence-electron chi connectivity index (χ3n) is 5.30. The summed E-state index contributed by atoms with van der Waals surface area (Å²) in [5.74, 6) is 0.767. The molecule has 1 saturated heterocycles. The predicted octanol–water partition coefficient (Wildman–Crippen LogP) is 2.53. The number of anilines is 1. The van der Waals surface area contributed by atoms with E-state index in [1.807, 2.05) is 24.0 Å². The first-order chi connectivity index (χ1) is 13.7. The molecule has 2 heterocycles. The summed E-state index contributed by atoms with van der Waals surface area (Å²) in [4.78, 5) is 13.3. The average Bonchev–Trinajstić information content (AvgIpc) is 3.04. The molecular formula is C19H27N5O4S. The maximum Gasteiger partial charge on any atom is 0.334 e. The summed E-state index contributed by atoms with van der Waals surface area (Å²) in [6.07, 6.45) is 0.463. The van der Waals surface area contributed by atoms with Gasteiger partial charge in [-0.25, -0.2) is 13.1 Å². The van der Waals surface area contributed by atoms with Crippen molar-refractivity contribution < 1.29 is 13.3 Å². The number of hydrogen-bond acceptors (Lipinski definition) is 6. The van der Waals surface area contributed by atoms with Crippen molar-refractivity contribution >= 4 is 21.5 Å². The highest BCUT2D eigenvalue weighted by Crippen LogP contribution is 2.33. The fraction of sp³-hybridized carbons (Fsp3) is 0.526. The molecule has 2 aromatic rings. The molecule has 0 atom stereocenters. The van der Waals surface area contributed by atoms with Gasteiger partial charge in [-0.2, -0.15) is 9.40 Å². The van der Waals surface area contributed by atoms with Gasteiger partial charge in [0.25, 0.3) is 0 Å². The van der Waals surface area contributed by atoms with Crippen molar-refractivity contribution in [3.63, 3.8) is 0 Å². The van der Waals surface area contributed by atoms with Crippen LogP contribution in [0.25, 0.3) is 0 Å². The highest BCUT2D eigenvalue weighted by atomic mass is 32.2. The Morgan fingerprint density at radius 2 is 1.72 bits per heavy atom. The number of aromatic nitrogens is 2. The molecule has 1 aliphatic heterocycles. The van der Waals surface area contributed by atoms with Crippen LogP contribution in [0.5, 0.6) is 0 Å². The predicted molar refractivity (Wildman–Crippen MR) is 111 cm³/mol. The van der Waals surface area contributed by atoms with E-state index in [1.165, 1.54) is 8.99 Å². The Morgan fingerprint density at radius 3 is 2.21 bits per heavy atom. The minimum Gasteiger partial charge on any atom is -0.348 e. The number of hydrogen-bond donors (Lipinski definition) is 0. The summed E-state index contributed by atoms with van der Waals surface area (Å²) in [5, 5.41) is 15.8. The molecule has 1 aliphatic rings. The van der Waals surface area contributed by atoms with E-state index < -0.39 is 14.9 Å². The number of sulfonamides is 1. The molecule has 0 N–H and O–H groups in total. The Hall–Kier alpha value is -2.46. The summed E-state index contributed by atoms with van der Waals surface area (Å²) < 4.78 is 28.9. The van der Waals surface area contributed by atoms with Gasteiger partial charge in [0.15, 0.2) is 0 Å². The first kappa shape index (κ1) is 21.3. The van der Waals surface area contributed by atoms with Crippen LogP contribution in [0.4, 0.5) is 11.5 Å². The molecule has 9 nitrogen and oxygen atoms in total. The van der Waals surface area contributed by atoms with E-state index >= 15 is 0 Å². The summed E-state index contributed by atoms with van der Waals surface area (Å²) in [7, 11) is -1.91. The molecular weight excluding hydrogens is 394 g/mol. The quantitative estimate of drug-likeness (QED) is 0.525. The average molecular weight is 422 g/mol. The summed E-state index contributed by atoms with van der Waals surface area (Å²) in [6, 6.07) is 6.99. The van der Waals surface area contributed by atoms with Gasteiger partial charge in [-0.1, -0.05) is 32.9 Å². The largest absolute Gasteiger partial charge is 0.348 e. The Labute approximate surface area is 171 Å². The van der Waals surface area contributed by atoms with Gasteiger partial charge in [-0.3, -0.25) is 10.1 Å². The second-order valence-corrected chi connectivity index (χ2v) is 9.41. The molecule has 10 heteroatoms. The van der Waals surface area contributed by atoms with E-state index in [-0.39, 0.29) is 23.7 Å². The monoisotopic (exact) mass is 421 g/mol. The topological polar surface area (TPSA) is 102 Å². The van der Waals surface area contributed by atoms with Crippen LogP contribution in [-0.4, -0.2) is 53.6 Å². The zero-order valence-electron chi connectivity index (χ0n) is 17.2. The molecule has 0 amide bonds. The van der Waals surface area contributed by atoms with Crippen molar-refractivity contribution in [3.05, 3.63) is 45.6 Å². The summed E-state index contributed by atoms with van der Waals surface area (Å²) >= 11 is 0. The van der Waals surface area contributed by atoms with Crippen LogP contribution in [0.2, 0.25) is 0 Å². The lowest BCUT2D eigenvalue weighted by Crippen LogP contribution is -2.49. The van der Waals surface area contributed by atoms with Crippen LogP contribution in [0.15, 0.2) is 29.2 Å². The molecule has 0 aliphatic carbocycles. The lowest BCUT2D eigenvalue weighted by molar-refractivity contribution is -0.384. The number of nitro groups is 1. The molecule has 0 radical (unpaired) electrons. The van der Waals surface area contributed by atoms with Gasteiger partial charge in [0.05, 0.1) is 9.82 Å². The highest BCUT2D eigenvalue weighted by molar-refractivity contribution is 7.89. The molecule has 3 rings (SSSR count). The Kier molecular flexibility index (Phi) is 5.95. The van der Waals surface area contributed by atoms with Crippen molar-refractivity contribution in [2.75, 3.05) is 31.1 Å². The van der Waals surface area contributed by atoms with E-state index in [0.717, 1.165) is 5.56 Å². The van der Waals surface area contributed by atoms with Crippen molar-refractivity contribution in [2.24, 2.45) is 7.05 Å². The minimum absolute atomic E-state index is 0.00980. The van der Waals surface area contributed by atoms with Crippen LogP contribution < -0.4 is 4.90 Å². The second-order valence-electron chi connectivity index (χ2n) is 7.47. The van der Waals surface area contributed by atoms with Crippen LogP contribution in [0.1, 0.15) is 37.9 Å². The molecule has 0 bridgehead atoms. The number of rotatable bonds is 6. The first-order valence-electron chi connectivity index (χ1n) is 9.72. The van der Waals surface area contributed by atoms with Gasteiger partial charge in [-0.05, 0) is 30.0 Å². The molecule has 1 fully saturated rings. The van der Waals surface area contributed by atoms with Crippen LogP contribution in [0, 0.1) is 10.1 Å². The first-order valence-corrected chi connectivity index (χ1v) is 11.2. The summed E-state index contributed by atoms with van der Waals surface area (Å²) in [5.41, 5.74) is 1.53. The van der Waals surface area contributed by atoms with Crippen LogP contribution in [-0.2, 0) is 23.5 Å². The van der Waals surface area contributed by atoms with Gasteiger partial charge in [0.1, 0.15) is 5.69 Å². The van der Waals surface area contributed by atoms with E-state index in [1.54, 1.807) is 19.2 Å². The zero-order valence-corrected chi connectivity index (χ0v) is 18.0. The molecule has 158 valence electrons. The zero-order chi connectivity index (χ0) is 21.3.